The van der Waals surface area contributed by atoms with Crippen LogP contribution in [-0.4, -0.2) is 169 Å². The zero-order chi connectivity index (χ0) is 51.7. The van der Waals surface area contributed by atoms with Crippen molar-refractivity contribution in [2.24, 2.45) is 11.8 Å². The topological polar surface area (TPSA) is 198 Å². The van der Waals surface area contributed by atoms with Gasteiger partial charge in [0, 0.05) is 142 Å². The highest BCUT2D eigenvalue weighted by Gasteiger charge is 2.42. The molecule has 0 heterocycles. The van der Waals surface area contributed by atoms with E-state index in [-0.39, 0.29) is 15.7 Å². The van der Waals surface area contributed by atoms with Gasteiger partial charge in [0.25, 0.3) is 15.7 Å². The highest BCUT2D eigenvalue weighted by atomic mass is 32.2. The Balaban J connectivity index is 0.00000148. The third kappa shape index (κ3) is 31.4. The van der Waals surface area contributed by atoms with E-state index in [4.69, 9.17) is 53.1 Å². The average Bonchev–Trinajstić information content (AvgIpc) is 3.33. The van der Waals surface area contributed by atoms with Crippen LogP contribution in [0.5, 0.6) is 0 Å². The third-order valence-corrected chi connectivity index (χ3v) is 26.0. The average molecular weight is 1110 g/mol. The molecular weight excluding hydrogens is 1020 g/mol. The van der Waals surface area contributed by atoms with Crippen LogP contribution in [0.4, 0.5) is 14.4 Å². The van der Waals surface area contributed by atoms with Crippen molar-refractivity contribution in [1.29, 1.82) is 0 Å². The number of hydrogen-bond donors (Lipinski definition) is 3. The molecule has 1 aliphatic rings. The van der Waals surface area contributed by atoms with E-state index < -0.39 is 35.2 Å². The van der Waals surface area contributed by atoms with E-state index in [9.17, 15) is 14.4 Å². The molecule has 0 aromatic heterocycles. The van der Waals surface area contributed by atoms with Gasteiger partial charge < -0.3 is 69.1 Å². The summed E-state index contributed by atoms with van der Waals surface area (Å²) in [5.41, 5.74) is 0. The number of nitrogens with one attached hydrogen (secondary N) is 3. The van der Waals surface area contributed by atoms with E-state index in [1.165, 1.54) is 35.3 Å². The van der Waals surface area contributed by atoms with Crippen LogP contribution in [0.2, 0.25) is 24.2 Å². The quantitative estimate of drug-likeness (QED) is 0.0386. The Hall–Kier alpha value is -0.152. The molecule has 18 nitrogen and oxygen atoms in total. The van der Waals surface area contributed by atoms with Crippen LogP contribution < -0.4 is 16.0 Å². The normalized spacial score (nSPS) is 15.7. The van der Waals surface area contributed by atoms with E-state index in [0.29, 0.717) is 121 Å². The van der Waals surface area contributed by atoms with Crippen molar-refractivity contribution >= 4 is 86.2 Å². The second-order valence-electron chi connectivity index (χ2n) is 15.7. The summed E-state index contributed by atoms with van der Waals surface area (Å²) in [5, 5.41) is 8.99. The van der Waals surface area contributed by atoms with Gasteiger partial charge in [-0.2, -0.15) is 0 Å². The zero-order valence-corrected chi connectivity index (χ0v) is 51.0. The van der Waals surface area contributed by atoms with Gasteiger partial charge in [-0.15, -0.1) is 0 Å². The van der Waals surface area contributed by atoms with Crippen LogP contribution >= 0.6 is 35.3 Å². The van der Waals surface area contributed by atoms with E-state index >= 15 is 0 Å². The SMILES string of the molecule is CCO[Si](CCCNC(=O)SCC1CCC(CSC(=O)NCCC[Si](OCC)(OCC)OCC)CC1)(OCC)OCC.CCO[Si](CCCNC(=O)SCCC[Si](OC)(OC)OC)(OCC)OCC. The predicted molar refractivity (Wildman–Crippen MR) is 289 cm³/mol. The molecule has 410 valence electrons. The minimum atomic E-state index is -2.66. The molecule has 0 aromatic carbocycles. The second kappa shape index (κ2) is 43.1. The fourth-order valence-corrected chi connectivity index (χ4v) is 19.9. The predicted octanol–water partition coefficient (Wildman–Crippen LogP) is 9.69. The first-order valence-corrected chi connectivity index (χ1v) is 36.1. The molecule has 1 rings (SSSR count). The molecule has 0 radical (unpaired) electrons. The van der Waals surface area contributed by atoms with Crippen LogP contribution in [0, 0.1) is 11.8 Å². The summed E-state index contributed by atoms with van der Waals surface area (Å²) in [5.74, 6) is 3.48. The molecule has 0 atom stereocenters. The Morgan fingerprint density at radius 3 is 0.884 bits per heavy atom. The summed E-state index contributed by atoms with van der Waals surface area (Å²) in [4.78, 5) is 36.8. The minimum Gasteiger partial charge on any atom is -0.377 e. The fraction of sp³-hybridized carbons (Fsp3) is 0.932. The van der Waals surface area contributed by atoms with Crippen molar-refractivity contribution < 1.29 is 67.5 Å². The lowest BCUT2D eigenvalue weighted by Crippen LogP contribution is -2.46. The fourth-order valence-electron chi connectivity index (χ4n) is 7.60. The first-order valence-electron chi connectivity index (χ1n) is 25.4. The molecular formula is C44H95N3O15S3Si4. The van der Waals surface area contributed by atoms with Crippen molar-refractivity contribution in [2.75, 3.05) is 118 Å². The van der Waals surface area contributed by atoms with Gasteiger partial charge in [-0.3, -0.25) is 14.4 Å². The van der Waals surface area contributed by atoms with E-state index in [1.54, 1.807) is 21.3 Å². The van der Waals surface area contributed by atoms with Gasteiger partial charge >= 0.3 is 35.2 Å². The van der Waals surface area contributed by atoms with Gasteiger partial charge in [0.15, 0.2) is 0 Å². The molecule has 0 aliphatic heterocycles. The summed E-state index contributed by atoms with van der Waals surface area (Å²) in [6.07, 6.45) is 7.51. The van der Waals surface area contributed by atoms with Crippen LogP contribution in [-0.2, 0) is 53.1 Å². The van der Waals surface area contributed by atoms with Crippen LogP contribution in [0.3, 0.4) is 0 Å². The van der Waals surface area contributed by atoms with Crippen molar-refractivity contribution in [1.82, 2.24) is 16.0 Å². The van der Waals surface area contributed by atoms with Crippen molar-refractivity contribution in [3.05, 3.63) is 0 Å². The Morgan fingerprint density at radius 1 is 0.391 bits per heavy atom. The maximum atomic E-state index is 12.4. The summed E-state index contributed by atoms with van der Waals surface area (Å²) >= 11 is 4.03. The lowest BCUT2D eigenvalue weighted by atomic mass is 9.84. The number of carbonyl (C=O) groups is 3. The molecule has 0 spiro atoms. The number of rotatable bonds is 41. The first-order chi connectivity index (χ1) is 33.3. The van der Waals surface area contributed by atoms with E-state index in [2.05, 4.69) is 16.0 Å². The molecule has 1 aliphatic carbocycles. The maximum Gasteiger partial charge on any atom is 0.500 e. The van der Waals surface area contributed by atoms with Gasteiger partial charge in [-0.1, -0.05) is 35.3 Å². The lowest BCUT2D eigenvalue weighted by Gasteiger charge is -2.28. The third-order valence-electron chi connectivity index (χ3n) is 10.7. The molecule has 3 N–H and O–H groups in total. The van der Waals surface area contributed by atoms with Gasteiger partial charge in [0.1, 0.15) is 0 Å². The molecule has 69 heavy (non-hydrogen) atoms. The number of thioether (sulfide) groups is 3. The molecule has 0 aromatic rings. The van der Waals surface area contributed by atoms with Gasteiger partial charge in [0.2, 0.25) is 0 Å². The van der Waals surface area contributed by atoms with Crippen LogP contribution in [0.1, 0.15) is 114 Å². The van der Waals surface area contributed by atoms with Crippen molar-refractivity contribution in [2.45, 2.75) is 138 Å². The Bertz CT molecular complexity index is 1170. The highest BCUT2D eigenvalue weighted by molar-refractivity contribution is 8.14. The van der Waals surface area contributed by atoms with Gasteiger partial charge in [0.05, 0.1) is 0 Å². The highest BCUT2D eigenvalue weighted by Crippen LogP contribution is 2.33. The monoisotopic (exact) mass is 1110 g/mol. The second-order valence-corrected chi connectivity index (χ2v) is 30.0. The molecule has 1 saturated carbocycles. The van der Waals surface area contributed by atoms with E-state index in [0.717, 1.165) is 62.9 Å². The van der Waals surface area contributed by atoms with Crippen molar-refractivity contribution in [3.8, 4) is 0 Å². The smallest absolute Gasteiger partial charge is 0.377 e. The summed E-state index contributed by atoms with van der Waals surface area (Å²) in [6, 6.07) is 2.77. The molecule has 3 amide bonds. The summed E-state index contributed by atoms with van der Waals surface area (Å²) < 4.78 is 68.8. The summed E-state index contributed by atoms with van der Waals surface area (Å²) in [6.45, 7) is 24.3. The molecule has 0 unspecified atom stereocenters. The Kier molecular flexibility index (Phi) is 43.0. The Labute approximate surface area is 434 Å². The number of carbonyl (C=O) groups excluding carboxylic acids is 3. The molecule has 1 fully saturated rings. The van der Waals surface area contributed by atoms with Crippen LogP contribution in [0.25, 0.3) is 0 Å². The Morgan fingerprint density at radius 2 is 0.638 bits per heavy atom. The van der Waals surface area contributed by atoms with Crippen molar-refractivity contribution in [3.63, 3.8) is 0 Å². The maximum absolute atomic E-state index is 12.4. The minimum absolute atomic E-state index is 0.0320. The lowest BCUT2D eigenvalue weighted by molar-refractivity contribution is 0.0701. The number of amides is 3. The molecule has 0 bridgehead atoms. The van der Waals surface area contributed by atoms with Gasteiger partial charge in [-0.05, 0) is 126 Å². The zero-order valence-electron chi connectivity index (χ0n) is 44.6. The van der Waals surface area contributed by atoms with Gasteiger partial charge in [-0.25, -0.2) is 0 Å². The largest absolute Gasteiger partial charge is 0.500 e. The number of hydrogen-bond acceptors (Lipinski definition) is 18. The molecule has 25 heteroatoms. The van der Waals surface area contributed by atoms with Crippen LogP contribution in [0.15, 0.2) is 0 Å². The standard InChI is InChI=1S/C28H58N2O8S2Si2.C16H37NO7SSi2/c1-7-33-41(34-8-2,35-9-3)21-13-19-29-27(31)39-23-25-15-17-26(18-16-25)24-40-28(32)30-20-14-22-42(36-10-4,37-11-5)38-12-6;1-7-22-27(23-8-2,24-9-3)14-10-12-17-16(18)25-13-11-15-26(19-4,20-5)21-6/h25-26H,7-24H2,1-6H3,(H,29,31)(H,30,32);7-15H2,1-6H3,(H,17,18). The first kappa shape index (κ1) is 68.8. The summed E-state index contributed by atoms with van der Waals surface area (Å²) in [7, 11) is -5.71. The van der Waals surface area contributed by atoms with E-state index in [1.807, 2.05) is 62.3 Å². The molecule has 0 saturated heterocycles.